The molecule has 1 aliphatic rings. The number of nitrogens with two attached hydrogens (primary N) is 4. The minimum atomic E-state index is 0.259. The minimum absolute atomic E-state index is 0.259. The summed E-state index contributed by atoms with van der Waals surface area (Å²) in [6.45, 7) is 3.78. The van der Waals surface area contributed by atoms with E-state index in [1.54, 1.807) is 0 Å². The van der Waals surface area contributed by atoms with Crippen molar-refractivity contribution in [3.8, 4) is 0 Å². The Bertz CT molecular complexity index is 127. The SMILES string of the molecule is CC1CCC(N)C1N.NCCCCCN. The highest BCUT2D eigenvalue weighted by Gasteiger charge is 2.26. The molecule has 4 nitrogen and oxygen atoms in total. The van der Waals surface area contributed by atoms with E-state index in [9.17, 15) is 0 Å². The maximum Gasteiger partial charge on any atom is 0.0218 e. The summed E-state index contributed by atoms with van der Waals surface area (Å²) in [4.78, 5) is 0. The van der Waals surface area contributed by atoms with Crippen molar-refractivity contribution in [1.29, 1.82) is 0 Å². The predicted octanol–water partition coefficient (Wildman–Crippen LogP) is 0.145. The van der Waals surface area contributed by atoms with Crippen LogP contribution in [0.3, 0.4) is 0 Å². The monoisotopic (exact) mass is 216 g/mol. The van der Waals surface area contributed by atoms with Crippen LogP contribution in [0.5, 0.6) is 0 Å². The van der Waals surface area contributed by atoms with E-state index in [0.29, 0.717) is 5.92 Å². The smallest absolute Gasteiger partial charge is 0.0218 e. The van der Waals surface area contributed by atoms with Gasteiger partial charge in [-0.1, -0.05) is 13.3 Å². The van der Waals surface area contributed by atoms with Crippen molar-refractivity contribution < 1.29 is 0 Å². The molecule has 0 aliphatic heterocycles. The van der Waals surface area contributed by atoms with Crippen LogP contribution < -0.4 is 22.9 Å². The first kappa shape index (κ1) is 14.8. The first-order valence-electron chi connectivity index (χ1n) is 6.04. The van der Waals surface area contributed by atoms with E-state index < -0.39 is 0 Å². The van der Waals surface area contributed by atoms with E-state index in [1.165, 1.54) is 12.8 Å². The zero-order valence-corrected chi connectivity index (χ0v) is 9.99. The van der Waals surface area contributed by atoms with Gasteiger partial charge in [0.15, 0.2) is 0 Å². The lowest BCUT2D eigenvalue weighted by Crippen LogP contribution is -2.39. The molecular formula is C11H28N4. The third-order valence-corrected chi connectivity index (χ3v) is 3.02. The van der Waals surface area contributed by atoms with Crippen molar-refractivity contribution in [2.24, 2.45) is 28.9 Å². The van der Waals surface area contributed by atoms with E-state index >= 15 is 0 Å². The van der Waals surface area contributed by atoms with Crippen molar-refractivity contribution in [3.63, 3.8) is 0 Å². The molecule has 1 rings (SSSR count). The number of unbranched alkanes of at least 4 members (excludes halogenated alkanes) is 2. The van der Waals surface area contributed by atoms with Crippen LogP contribution in [0.2, 0.25) is 0 Å². The van der Waals surface area contributed by atoms with Gasteiger partial charge in [0.05, 0.1) is 0 Å². The molecule has 0 spiro atoms. The zero-order chi connectivity index (χ0) is 11.7. The Hall–Kier alpha value is -0.160. The molecule has 1 aliphatic carbocycles. The first-order valence-corrected chi connectivity index (χ1v) is 6.04. The summed E-state index contributed by atoms with van der Waals surface area (Å²) in [7, 11) is 0. The molecule has 0 aromatic heterocycles. The first-order chi connectivity index (χ1) is 7.13. The molecule has 92 valence electrons. The maximum absolute atomic E-state index is 5.70. The van der Waals surface area contributed by atoms with Crippen LogP contribution in [0.4, 0.5) is 0 Å². The number of rotatable bonds is 4. The minimum Gasteiger partial charge on any atom is -0.330 e. The van der Waals surface area contributed by atoms with Crippen LogP contribution in [0.1, 0.15) is 39.0 Å². The molecule has 0 amide bonds. The van der Waals surface area contributed by atoms with Gasteiger partial charge in [-0.05, 0) is 44.7 Å². The highest BCUT2D eigenvalue weighted by atomic mass is 14.8. The van der Waals surface area contributed by atoms with Gasteiger partial charge in [-0.3, -0.25) is 0 Å². The van der Waals surface area contributed by atoms with E-state index in [1.807, 2.05) is 0 Å². The summed E-state index contributed by atoms with van der Waals surface area (Å²) < 4.78 is 0. The van der Waals surface area contributed by atoms with Gasteiger partial charge < -0.3 is 22.9 Å². The molecule has 0 heterocycles. The molecule has 0 aromatic carbocycles. The lowest BCUT2D eigenvalue weighted by Gasteiger charge is -2.12. The molecule has 0 saturated heterocycles. The van der Waals surface area contributed by atoms with Crippen molar-refractivity contribution in [3.05, 3.63) is 0 Å². The fourth-order valence-corrected chi connectivity index (χ4v) is 1.73. The third-order valence-electron chi connectivity index (χ3n) is 3.02. The van der Waals surface area contributed by atoms with Crippen molar-refractivity contribution in [2.75, 3.05) is 13.1 Å². The Kier molecular flexibility index (Phi) is 9.00. The Morgan fingerprint density at radius 3 is 1.67 bits per heavy atom. The molecule has 3 atom stereocenters. The fraction of sp³-hybridized carbons (Fsp3) is 1.00. The van der Waals surface area contributed by atoms with Crippen LogP contribution >= 0.6 is 0 Å². The average molecular weight is 216 g/mol. The van der Waals surface area contributed by atoms with Crippen LogP contribution in [0.25, 0.3) is 0 Å². The van der Waals surface area contributed by atoms with Crippen molar-refractivity contribution in [2.45, 2.75) is 51.1 Å². The molecule has 4 heteroatoms. The van der Waals surface area contributed by atoms with E-state index in [4.69, 9.17) is 22.9 Å². The molecule has 3 unspecified atom stereocenters. The van der Waals surface area contributed by atoms with Gasteiger partial charge in [0.1, 0.15) is 0 Å². The maximum atomic E-state index is 5.70. The van der Waals surface area contributed by atoms with Crippen molar-refractivity contribution >= 4 is 0 Å². The summed E-state index contributed by atoms with van der Waals surface area (Å²) in [6, 6.07) is 0.528. The van der Waals surface area contributed by atoms with E-state index in [2.05, 4.69) is 6.92 Å². The molecule has 15 heavy (non-hydrogen) atoms. The molecule has 0 aromatic rings. The lowest BCUT2D eigenvalue weighted by atomic mass is 10.1. The van der Waals surface area contributed by atoms with E-state index in [-0.39, 0.29) is 12.1 Å². The van der Waals surface area contributed by atoms with Gasteiger partial charge in [0.25, 0.3) is 0 Å². The Morgan fingerprint density at radius 2 is 1.47 bits per heavy atom. The topological polar surface area (TPSA) is 104 Å². The summed E-state index contributed by atoms with van der Waals surface area (Å²) in [5.41, 5.74) is 21.8. The van der Waals surface area contributed by atoms with Gasteiger partial charge in [0, 0.05) is 12.1 Å². The second-order valence-electron chi connectivity index (χ2n) is 4.43. The highest BCUT2D eigenvalue weighted by Crippen LogP contribution is 2.21. The summed E-state index contributed by atoms with van der Waals surface area (Å²) in [5, 5.41) is 0. The predicted molar refractivity (Wildman–Crippen MR) is 66.3 cm³/mol. The van der Waals surface area contributed by atoms with Gasteiger partial charge in [0.2, 0.25) is 0 Å². The lowest BCUT2D eigenvalue weighted by molar-refractivity contribution is 0.497. The molecule has 0 radical (unpaired) electrons. The van der Waals surface area contributed by atoms with Crippen molar-refractivity contribution in [1.82, 2.24) is 0 Å². The van der Waals surface area contributed by atoms with Gasteiger partial charge in [-0.2, -0.15) is 0 Å². The third kappa shape index (κ3) is 6.84. The highest BCUT2D eigenvalue weighted by molar-refractivity contribution is 4.87. The number of hydrogen-bond acceptors (Lipinski definition) is 4. The van der Waals surface area contributed by atoms with Gasteiger partial charge in [-0.25, -0.2) is 0 Å². The van der Waals surface area contributed by atoms with Gasteiger partial charge in [-0.15, -0.1) is 0 Å². The number of hydrogen-bond donors (Lipinski definition) is 4. The Morgan fingerprint density at radius 1 is 0.933 bits per heavy atom. The second kappa shape index (κ2) is 9.09. The quantitative estimate of drug-likeness (QED) is 0.502. The molecule has 8 N–H and O–H groups in total. The van der Waals surface area contributed by atoms with Crippen LogP contribution in [0.15, 0.2) is 0 Å². The second-order valence-corrected chi connectivity index (χ2v) is 4.43. The van der Waals surface area contributed by atoms with E-state index in [0.717, 1.165) is 32.4 Å². The van der Waals surface area contributed by atoms with Crippen LogP contribution in [0, 0.1) is 5.92 Å². The largest absolute Gasteiger partial charge is 0.330 e. The zero-order valence-electron chi connectivity index (χ0n) is 9.99. The van der Waals surface area contributed by atoms with Crippen LogP contribution in [-0.4, -0.2) is 25.2 Å². The Labute approximate surface area is 93.7 Å². The molecule has 1 fully saturated rings. The molecule has 1 saturated carbocycles. The summed E-state index contributed by atoms with van der Waals surface area (Å²) in [5.74, 6) is 0.644. The fourth-order valence-electron chi connectivity index (χ4n) is 1.73. The normalized spacial score (nSPS) is 29.8. The van der Waals surface area contributed by atoms with Gasteiger partial charge >= 0.3 is 0 Å². The average Bonchev–Trinajstić information content (AvgIpc) is 2.52. The Balaban J connectivity index is 0.000000265. The summed E-state index contributed by atoms with van der Waals surface area (Å²) >= 11 is 0. The standard InChI is InChI=1S/C6H14N2.C5H14N2/c1-4-2-3-5(7)6(4)8;6-4-2-1-3-5-7/h4-6H,2-3,7-8H2,1H3;1-7H2. The summed E-state index contributed by atoms with van der Waals surface area (Å²) in [6.07, 6.45) is 5.76. The van der Waals surface area contributed by atoms with Crippen LogP contribution in [-0.2, 0) is 0 Å². The molecule has 0 bridgehead atoms. The molecular weight excluding hydrogens is 188 g/mol.